The molecular weight excluding hydrogens is 368 g/mol. The summed E-state index contributed by atoms with van der Waals surface area (Å²) < 4.78 is 4.82. The number of amides is 1. The molecule has 146 valence electrons. The molecule has 7 heteroatoms. The summed E-state index contributed by atoms with van der Waals surface area (Å²) in [5.74, 6) is -0.396. The normalized spacial score (nSPS) is 12.4. The Balaban J connectivity index is 1.64. The van der Waals surface area contributed by atoms with Crippen LogP contribution in [0.5, 0.6) is 0 Å². The van der Waals surface area contributed by atoms with Crippen molar-refractivity contribution in [2.75, 3.05) is 23.9 Å². The molecule has 0 atom stereocenters. The molecule has 1 N–H and O–H groups in total. The molecule has 2 aromatic carbocycles. The van der Waals surface area contributed by atoms with E-state index in [4.69, 9.17) is 4.74 Å². The van der Waals surface area contributed by atoms with Crippen molar-refractivity contribution in [1.29, 1.82) is 0 Å². The van der Waals surface area contributed by atoms with Crippen LogP contribution < -0.4 is 10.2 Å². The molecule has 0 bridgehead atoms. The summed E-state index contributed by atoms with van der Waals surface area (Å²) in [5.41, 5.74) is 3.88. The highest BCUT2D eigenvalue weighted by Crippen LogP contribution is 2.29. The van der Waals surface area contributed by atoms with Gasteiger partial charge in [-0.15, -0.1) is 0 Å². The Morgan fingerprint density at radius 2 is 1.83 bits per heavy atom. The summed E-state index contributed by atoms with van der Waals surface area (Å²) in [6, 6.07) is 16.5. The maximum absolute atomic E-state index is 13.1. The molecule has 29 heavy (non-hydrogen) atoms. The first-order valence-corrected chi connectivity index (χ1v) is 9.26. The Morgan fingerprint density at radius 1 is 1.07 bits per heavy atom. The molecule has 1 aliphatic heterocycles. The van der Waals surface area contributed by atoms with Gasteiger partial charge < -0.3 is 15.0 Å². The van der Waals surface area contributed by atoms with E-state index in [9.17, 15) is 9.59 Å². The number of para-hydroxylation sites is 2. The van der Waals surface area contributed by atoms with E-state index in [2.05, 4.69) is 15.3 Å². The largest absolute Gasteiger partial charge is 0.465 e. The molecule has 0 unspecified atom stereocenters. The van der Waals surface area contributed by atoms with Crippen molar-refractivity contribution < 1.29 is 14.3 Å². The van der Waals surface area contributed by atoms with Gasteiger partial charge in [0.1, 0.15) is 5.69 Å². The molecule has 0 aliphatic carbocycles. The average molecular weight is 388 g/mol. The quantitative estimate of drug-likeness (QED) is 0.689. The Kier molecular flexibility index (Phi) is 4.95. The van der Waals surface area contributed by atoms with Crippen LogP contribution in [0.1, 0.15) is 32.1 Å². The third kappa shape index (κ3) is 3.67. The molecule has 0 fully saturated rings. The minimum Gasteiger partial charge on any atom is -0.465 e. The fraction of sp³-hybridized carbons (Fsp3) is 0.182. The molecular formula is C22H20N4O3. The zero-order valence-corrected chi connectivity index (χ0v) is 16.2. The fourth-order valence-corrected chi connectivity index (χ4v) is 3.42. The number of rotatable bonds is 4. The third-order valence-corrected chi connectivity index (χ3v) is 4.78. The number of nitrogens with one attached hydrogen (secondary N) is 1. The first-order chi connectivity index (χ1) is 14.1. The number of hydrogen-bond acceptors (Lipinski definition) is 6. The minimum absolute atomic E-state index is 0.176. The molecule has 2 heterocycles. The SMILES string of the molecule is COC(=O)c1ccccc1Nc1nc(C)cc(C(=O)N2CCc3ccccc32)n1. The van der Waals surface area contributed by atoms with E-state index in [1.807, 2.05) is 24.3 Å². The Bertz CT molecular complexity index is 1100. The molecule has 0 saturated heterocycles. The van der Waals surface area contributed by atoms with Gasteiger partial charge in [0.25, 0.3) is 5.91 Å². The number of hydrogen-bond donors (Lipinski definition) is 1. The van der Waals surface area contributed by atoms with E-state index in [-0.39, 0.29) is 11.9 Å². The van der Waals surface area contributed by atoms with Crippen LogP contribution in [-0.2, 0) is 11.2 Å². The summed E-state index contributed by atoms with van der Waals surface area (Å²) in [6.45, 7) is 2.42. The van der Waals surface area contributed by atoms with Crippen LogP contribution >= 0.6 is 0 Å². The van der Waals surface area contributed by atoms with Crippen LogP contribution in [0.2, 0.25) is 0 Å². The second kappa shape index (κ2) is 7.71. The molecule has 4 rings (SSSR count). The number of carbonyl (C=O) groups is 2. The van der Waals surface area contributed by atoms with Crippen LogP contribution in [-0.4, -0.2) is 35.5 Å². The zero-order valence-electron chi connectivity index (χ0n) is 16.2. The van der Waals surface area contributed by atoms with Gasteiger partial charge in [-0.3, -0.25) is 4.79 Å². The molecule has 7 nitrogen and oxygen atoms in total. The lowest BCUT2D eigenvalue weighted by Gasteiger charge is -2.17. The number of benzene rings is 2. The number of aromatic nitrogens is 2. The van der Waals surface area contributed by atoms with Gasteiger partial charge in [-0.2, -0.15) is 0 Å². The van der Waals surface area contributed by atoms with Gasteiger partial charge in [0.15, 0.2) is 0 Å². The number of carbonyl (C=O) groups excluding carboxylic acids is 2. The summed E-state index contributed by atoms with van der Waals surface area (Å²) in [6.07, 6.45) is 0.823. The predicted octanol–water partition coefficient (Wildman–Crippen LogP) is 3.52. The second-order valence-corrected chi connectivity index (χ2v) is 6.72. The van der Waals surface area contributed by atoms with E-state index < -0.39 is 5.97 Å². The van der Waals surface area contributed by atoms with Gasteiger partial charge in [0.05, 0.1) is 18.4 Å². The smallest absolute Gasteiger partial charge is 0.339 e. The van der Waals surface area contributed by atoms with Crippen LogP contribution in [0.4, 0.5) is 17.3 Å². The highest BCUT2D eigenvalue weighted by Gasteiger charge is 2.26. The maximum atomic E-state index is 13.1. The fourth-order valence-electron chi connectivity index (χ4n) is 3.42. The van der Waals surface area contributed by atoms with Gasteiger partial charge in [-0.05, 0) is 43.2 Å². The summed E-state index contributed by atoms with van der Waals surface area (Å²) >= 11 is 0. The molecule has 0 radical (unpaired) electrons. The molecule has 1 amide bonds. The van der Waals surface area contributed by atoms with Crippen molar-refractivity contribution in [3.8, 4) is 0 Å². The van der Waals surface area contributed by atoms with Crippen molar-refractivity contribution in [2.24, 2.45) is 0 Å². The van der Waals surface area contributed by atoms with Gasteiger partial charge in [-0.25, -0.2) is 14.8 Å². The summed E-state index contributed by atoms with van der Waals surface area (Å²) in [4.78, 5) is 35.6. The average Bonchev–Trinajstić information content (AvgIpc) is 3.17. The van der Waals surface area contributed by atoms with Crippen molar-refractivity contribution in [3.63, 3.8) is 0 Å². The standard InChI is InChI=1S/C22H20N4O3/c1-14-13-18(20(27)26-12-11-15-7-3-6-10-19(15)26)25-22(23-14)24-17-9-5-4-8-16(17)21(28)29-2/h3-10,13H,11-12H2,1-2H3,(H,23,24,25). The predicted molar refractivity (Wildman–Crippen MR) is 110 cm³/mol. The van der Waals surface area contributed by atoms with E-state index in [1.165, 1.54) is 7.11 Å². The first-order valence-electron chi connectivity index (χ1n) is 9.26. The monoisotopic (exact) mass is 388 g/mol. The Morgan fingerprint density at radius 3 is 2.66 bits per heavy atom. The molecule has 0 saturated carbocycles. The van der Waals surface area contributed by atoms with E-state index in [0.717, 1.165) is 17.7 Å². The molecule has 0 spiro atoms. The van der Waals surface area contributed by atoms with E-state index in [1.54, 1.807) is 42.2 Å². The highest BCUT2D eigenvalue weighted by atomic mass is 16.5. The topological polar surface area (TPSA) is 84.4 Å². The van der Waals surface area contributed by atoms with Gasteiger partial charge >= 0.3 is 5.97 Å². The number of fused-ring (bicyclic) bond motifs is 1. The lowest BCUT2D eigenvalue weighted by atomic mass is 10.2. The lowest BCUT2D eigenvalue weighted by molar-refractivity contribution is 0.0601. The molecule has 1 aromatic heterocycles. The number of nitrogens with zero attached hydrogens (tertiary/aromatic N) is 3. The zero-order chi connectivity index (χ0) is 20.4. The number of ether oxygens (including phenoxy) is 1. The van der Waals surface area contributed by atoms with E-state index >= 15 is 0 Å². The van der Waals surface area contributed by atoms with Crippen molar-refractivity contribution in [2.45, 2.75) is 13.3 Å². The van der Waals surface area contributed by atoms with Crippen molar-refractivity contribution in [3.05, 3.63) is 77.1 Å². The highest BCUT2D eigenvalue weighted by molar-refractivity contribution is 6.06. The lowest BCUT2D eigenvalue weighted by Crippen LogP contribution is -2.30. The number of aryl methyl sites for hydroxylation is 1. The third-order valence-electron chi connectivity index (χ3n) is 4.78. The first kappa shape index (κ1) is 18.6. The number of esters is 1. The van der Waals surface area contributed by atoms with Gasteiger partial charge in [0.2, 0.25) is 5.95 Å². The van der Waals surface area contributed by atoms with Crippen molar-refractivity contribution >= 4 is 29.2 Å². The number of methoxy groups -OCH3 is 1. The van der Waals surface area contributed by atoms with Crippen LogP contribution in [0.15, 0.2) is 54.6 Å². The van der Waals surface area contributed by atoms with Crippen molar-refractivity contribution in [1.82, 2.24) is 9.97 Å². The number of anilines is 3. The van der Waals surface area contributed by atoms with Crippen LogP contribution in [0.3, 0.4) is 0 Å². The molecule has 3 aromatic rings. The molecule has 1 aliphatic rings. The maximum Gasteiger partial charge on any atom is 0.339 e. The van der Waals surface area contributed by atoms with E-state index in [0.29, 0.717) is 29.2 Å². The van der Waals surface area contributed by atoms with Crippen LogP contribution in [0.25, 0.3) is 0 Å². The summed E-state index contributed by atoms with van der Waals surface area (Å²) in [5, 5.41) is 3.04. The minimum atomic E-state index is -0.467. The van der Waals surface area contributed by atoms with Crippen LogP contribution in [0, 0.1) is 6.92 Å². The Hall–Kier alpha value is -3.74. The second-order valence-electron chi connectivity index (χ2n) is 6.72. The van der Waals surface area contributed by atoms with Gasteiger partial charge in [0, 0.05) is 17.9 Å². The van der Waals surface area contributed by atoms with Gasteiger partial charge in [-0.1, -0.05) is 30.3 Å². The Labute approximate surface area is 168 Å². The summed E-state index contributed by atoms with van der Waals surface area (Å²) in [7, 11) is 1.33.